The summed E-state index contributed by atoms with van der Waals surface area (Å²) < 4.78 is 11.9. The molecule has 11 heavy (non-hydrogen) atoms. The zero-order chi connectivity index (χ0) is 8.69. The zero-order valence-electron chi connectivity index (χ0n) is 6.68. The molecule has 0 aliphatic carbocycles. The standard InChI is InChI=1S/C8H13FN2/c1-3-7(2)8(4-5-9)11-6-10/h3,6-7,10H,1,4-5H2,2H3/b10-6?,11-8-. The average molecular weight is 156 g/mol. The second-order valence-corrected chi connectivity index (χ2v) is 2.21. The van der Waals surface area contributed by atoms with Gasteiger partial charge in [-0.3, -0.25) is 9.80 Å². The number of allylic oxidation sites excluding steroid dienone is 1. The maximum Gasteiger partial charge on any atom is 0.106 e. The molecule has 3 heteroatoms. The van der Waals surface area contributed by atoms with E-state index in [1.807, 2.05) is 6.92 Å². The summed E-state index contributed by atoms with van der Waals surface area (Å²) in [4.78, 5) is 3.73. The Morgan fingerprint density at radius 1 is 1.82 bits per heavy atom. The van der Waals surface area contributed by atoms with Crippen LogP contribution in [0.15, 0.2) is 17.6 Å². The number of nitrogens with zero attached hydrogens (tertiary/aromatic N) is 1. The number of alkyl halides is 1. The van der Waals surface area contributed by atoms with Crippen molar-refractivity contribution in [2.24, 2.45) is 10.9 Å². The third-order valence-corrected chi connectivity index (χ3v) is 1.46. The van der Waals surface area contributed by atoms with E-state index in [1.165, 1.54) is 0 Å². The van der Waals surface area contributed by atoms with Crippen LogP contribution < -0.4 is 0 Å². The molecule has 1 atom stereocenters. The topological polar surface area (TPSA) is 36.2 Å². The van der Waals surface area contributed by atoms with Gasteiger partial charge in [0, 0.05) is 18.1 Å². The largest absolute Gasteiger partial charge is 0.290 e. The van der Waals surface area contributed by atoms with Crippen molar-refractivity contribution in [3.63, 3.8) is 0 Å². The van der Waals surface area contributed by atoms with Crippen LogP contribution in [0.5, 0.6) is 0 Å². The first-order valence-electron chi connectivity index (χ1n) is 3.50. The molecular weight excluding hydrogens is 143 g/mol. The van der Waals surface area contributed by atoms with E-state index in [-0.39, 0.29) is 5.92 Å². The summed E-state index contributed by atoms with van der Waals surface area (Å²) in [5, 5.41) is 6.71. The molecule has 2 nitrogen and oxygen atoms in total. The van der Waals surface area contributed by atoms with Gasteiger partial charge in [-0.25, -0.2) is 4.99 Å². The maximum absolute atomic E-state index is 11.9. The minimum Gasteiger partial charge on any atom is -0.290 e. The Balaban J connectivity index is 4.19. The van der Waals surface area contributed by atoms with Gasteiger partial charge in [-0.2, -0.15) is 0 Å². The molecule has 0 aromatic carbocycles. The molecule has 0 saturated carbocycles. The number of halogens is 1. The van der Waals surface area contributed by atoms with Crippen LogP contribution in [0.1, 0.15) is 13.3 Å². The summed E-state index contributed by atoms with van der Waals surface area (Å²) in [6.45, 7) is 5.02. The third kappa shape index (κ3) is 3.65. The van der Waals surface area contributed by atoms with Gasteiger partial charge in [0.05, 0.1) is 6.67 Å². The molecule has 0 fully saturated rings. The number of nitrogens with one attached hydrogen (secondary N) is 1. The second-order valence-electron chi connectivity index (χ2n) is 2.21. The van der Waals surface area contributed by atoms with Gasteiger partial charge in [-0.05, 0) is 0 Å². The summed E-state index contributed by atoms with van der Waals surface area (Å²) in [5.74, 6) is 0.0624. The molecule has 0 radical (unpaired) electrons. The Morgan fingerprint density at radius 2 is 2.45 bits per heavy atom. The monoisotopic (exact) mass is 156 g/mol. The Bertz CT molecular complexity index is 163. The molecule has 0 heterocycles. The van der Waals surface area contributed by atoms with Gasteiger partial charge in [0.15, 0.2) is 0 Å². The van der Waals surface area contributed by atoms with E-state index >= 15 is 0 Å². The molecule has 0 aliphatic rings. The van der Waals surface area contributed by atoms with E-state index in [0.717, 1.165) is 6.34 Å². The van der Waals surface area contributed by atoms with Crippen molar-refractivity contribution in [2.45, 2.75) is 13.3 Å². The van der Waals surface area contributed by atoms with Crippen LogP contribution in [0.25, 0.3) is 0 Å². The van der Waals surface area contributed by atoms with Gasteiger partial charge in [0.25, 0.3) is 0 Å². The molecule has 0 aliphatic heterocycles. The van der Waals surface area contributed by atoms with E-state index in [1.54, 1.807) is 6.08 Å². The van der Waals surface area contributed by atoms with Crippen LogP contribution in [-0.2, 0) is 0 Å². The van der Waals surface area contributed by atoms with Crippen LogP contribution in [0.3, 0.4) is 0 Å². The van der Waals surface area contributed by atoms with E-state index < -0.39 is 6.67 Å². The molecule has 1 unspecified atom stereocenters. The Labute approximate surface area is 66.4 Å². The van der Waals surface area contributed by atoms with Gasteiger partial charge in [-0.15, -0.1) is 6.58 Å². The number of aliphatic imine (C=N–C) groups is 1. The highest BCUT2D eigenvalue weighted by atomic mass is 19.1. The van der Waals surface area contributed by atoms with Crippen LogP contribution in [-0.4, -0.2) is 18.7 Å². The first-order valence-corrected chi connectivity index (χ1v) is 3.50. The minimum absolute atomic E-state index is 0.0624. The summed E-state index contributed by atoms with van der Waals surface area (Å²) in [6, 6.07) is 0. The molecule has 0 bridgehead atoms. The van der Waals surface area contributed by atoms with Crippen LogP contribution in [0.4, 0.5) is 4.39 Å². The summed E-state index contributed by atoms with van der Waals surface area (Å²) >= 11 is 0. The number of rotatable bonds is 5. The Kier molecular flexibility index (Phi) is 5.25. The molecule has 62 valence electrons. The van der Waals surface area contributed by atoms with E-state index in [2.05, 4.69) is 11.6 Å². The summed E-state index contributed by atoms with van der Waals surface area (Å²) in [7, 11) is 0. The van der Waals surface area contributed by atoms with Gasteiger partial charge >= 0.3 is 0 Å². The molecule has 1 N–H and O–H groups in total. The lowest BCUT2D eigenvalue weighted by atomic mass is 10.0. The normalized spacial score (nSPS) is 14.2. The smallest absolute Gasteiger partial charge is 0.106 e. The fourth-order valence-electron chi connectivity index (χ4n) is 0.726. The first-order chi connectivity index (χ1) is 5.26. The van der Waals surface area contributed by atoms with E-state index in [9.17, 15) is 4.39 Å². The Morgan fingerprint density at radius 3 is 2.82 bits per heavy atom. The van der Waals surface area contributed by atoms with Crippen LogP contribution in [0.2, 0.25) is 0 Å². The van der Waals surface area contributed by atoms with Crippen molar-refractivity contribution in [1.29, 1.82) is 5.41 Å². The molecule has 0 spiro atoms. The van der Waals surface area contributed by atoms with Crippen molar-refractivity contribution in [1.82, 2.24) is 0 Å². The molecule has 0 amide bonds. The van der Waals surface area contributed by atoms with Crippen LogP contribution >= 0.6 is 0 Å². The highest BCUT2D eigenvalue weighted by molar-refractivity contribution is 5.92. The second kappa shape index (κ2) is 5.77. The summed E-state index contributed by atoms with van der Waals surface area (Å²) in [5.41, 5.74) is 0.678. The lowest BCUT2D eigenvalue weighted by Crippen LogP contribution is -2.09. The van der Waals surface area contributed by atoms with Gasteiger partial charge in [0.2, 0.25) is 0 Å². The Hall–Kier alpha value is -0.990. The zero-order valence-corrected chi connectivity index (χ0v) is 6.68. The average Bonchev–Trinajstić information content (AvgIpc) is 2.03. The molecular formula is C8H13FN2. The molecule has 0 saturated heterocycles. The van der Waals surface area contributed by atoms with Gasteiger partial charge in [-0.1, -0.05) is 13.0 Å². The number of hydrogen-bond acceptors (Lipinski definition) is 1. The van der Waals surface area contributed by atoms with Gasteiger partial charge in [0.1, 0.15) is 6.34 Å². The number of hydrogen-bond donors (Lipinski definition) is 1. The highest BCUT2D eigenvalue weighted by Crippen LogP contribution is 2.03. The first kappa shape index (κ1) is 10.0. The lowest BCUT2D eigenvalue weighted by Gasteiger charge is -2.06. The van der Waals surface area contributed by atoms with E-state index in [4.69, 9.17) is 5.41 Å². The third-order valence-electron chi connectivity index (χ3n) is 1.46. The molecule has 0 aromatic rings. The lowest BCUT2D eigenvalue weighted by molar-refractivity contribution is 0.505. The van der Waals surface area contributed by atoms with Crippen molar-refractivity contribution < 1.29 is 4.39 Å². The SMILES string of the molecule is C=CC(C)/C(CCF)=N\C=N. The van der Waals surface area contributed by atoms with Crippen molar-refractivity contribution >= 4 is 12.1 Å². The van der Waals surface area contributed by atoms with Crippen molar-refractivity contribution in [2.75, 3.05) is 6.67 Å². The molecule has 0 rings (SSSR count). The van der Waals surface area contributed by atoms with Crippen molar-refractivity contribution in [3.05, 3.63) is 12.7 Å². The minimum atomic E-state index is -0.426. The van der Waals surface area contributed by atoms with Crippen LogP contribution in [0, 0.1) is 11.3 Å². The summed E-state index contributed by atoms with van der Waals surface area (Å²) in [6.07, 6.45) is 2.92. The highest BCUT2D eigenvalue weighted by Gasteiger charge is 2.04. The molecule has 0 aromatic heterocycles. The maximum atomic E-state index is 11.9. The van der Waals surface area contributed by atoms with Gasteiger partial charge < -0.3 is 0 Å². The quantitative estimate of drug-likeness (QED) is 0.360. The fourth-order valence-corrected chi connectivity index (χ4v) is 0.726. The fraction of sp³-hybridized carbons (Fsp3) is 0.500. The predicted molar refractivity (Wildman–Crippen MR) is 46.2 cm³/mol. The van der Waals surface area contributed by atoms with Crippen molar-refractivity contribution in [3.8, 4) is 0 Å². The predicted octanol–water partition coefficient (Wildman–Crippen LogP) is 2.22. The van der Waals surface area contributed by atoms with E-state index in [0.29, 0.717) is 12.1 Å².